The quantitative estimate of drug-likeness (QED) is 0.879. The van der Waals surface area contributed by atoms with Crippen LogP contribution in [0.4, 0.5) is 5.95 Å². The number of hydrogen-bond acceptors (Lipinski definition) is 4. The van der Waals surface area contributed by atoms with Gasteiger partial charge in [0, 0.05) is 5.54 Å². The van der Waals surface area contributed by atoms with Crippen LogP contribution in [-0.4, -0.2) is 25.7 Å². The van der Waals surface area contributed by atoms with Crippen molar-refractivity contribution in [3.05, 3.63) is 30.3 Å². The van der Waals surface area contributed by atoms with Crippen molar-refractivity contribution in [3.63, 3.8) is 0 Å². The van der Waals surface area contributed by atoms with E-state index in [1.54, 1.807) is 4.68 Å². The van der Waals surface area contributed by atoms with Gasteiger partial charge in [-0.25, -0.2) is 0 Å². The Morgan fingerprint density at radius 3 is 2.61 bits per heavy atom. The first-order valence-electron chi connectivity index (χ1n) is 6.24. The van der Waals surface area contributed by atoms with Crippen LogP contribution in [0.1, 0.15) is 33.6 Å². The molecule has 2 aromatic rings. The van der Waals surface area contributed by atoms with Crippen LogP contribution in [0.2, 0.25) is 0 Å². The van der Waals surface area contributed by atoms with E-state index < -0.39 is 0 Å². The minimum absolute atomic E-state index is 0.0179. The maximum Gasteiger partial charge on any atom is 0.248 e. The number of anilines is 1. The molecule has 1 aromatic carbocycles. The van der Waals surface area contributed by atoms with Gasteiger partial charge in [-0.05, 0) is 42.8 Å². The number of rotatable bonds is 5. The van der Waals surface area contributed by atoms with Crippen molar-refractivity contribution in [1.29, 1.82) is 0 Å². The van der Waals surface area contributed by atoms with E-state index in [0.29, 0.717) is 5.95 Å². The summed E-state index contributed by atoms with van der Waals surface area (Å²) >= 11 is 0. The fraction of sp³-hybridized carbons (Fsp3) is 0.462. The summed E-state index contributed by atoms with van der Waals surface area (Å²) in [6.45, 7) is 6.48. The molecule has 0 saturated carbocycles. The molecule has 0 atom stereocenters. The molecule has 1 N–H and O–H groups in total. The molecule has 18 heavy (non-hydrogen) atoms. The molecule has 5 nitrogen and oxygen atoms in total. The first kappa shape index (κ1) is 12.5. The Morgan fingerprint density at radius 1 is 1.22 bits per heavy atom. The summed E-state index contributed by atoms with van der Waals surface area (Å²) in [7, 11) is 0. The normalized spacial score (nSPS) is 11.5. The monoisotopic (exact) mass is 245 g/mol. The Kier molecular flexibility index (Phi) is 3.60. The molecule has 0 saturated heterocycles. The van der Waals surface area contributed by atoms with Crippen LogP contribution in [0.5, 0.6) is 0 Å². The Hall–Kier alpha value is -1.91. The molecular formula is C13H19N5. The summed E-state index contributed by atoms with van der Waals surface area (Å²) < 4.78 is 1.72. The third kappa shape index (κ3) is 2.85. The number of tetrazole rings is 1. The van der Waals surface area contributed by atoms with Crippen LogP contribution in [0, 0.1) is 0 Å². The SMILES string of the molecule is CCCC(C)(C)Nc1nnnn1-c1ccccc1. The van der Waals surface area contributed by atoms with E-state index in [2.05, 4.69) is 41.6 Å². The van der Waals surface area contributed by atoms with Gasteiger partial charge in [-0.15, -0.1) is 0 Å². The Labute approximate surface area is 107 Å². The molecule has 0 aliphatic carbocycles. The third-order valence-corrected chi connectivity index (χ3v) is 2.80. The van der Waals surface area contributed by atoms with E-state index in [-0.39, 0.29) is 5.54 Å². The molecule has 0 aliphatic rings. The number of aromatic nitrogens is 4. The van der Waals surface area contributed by atoms with Crippen LogP contribution >= 0.6 is 0 Å². The lowest BCUT2D eigenvalue weighted by Gasteiger charge is -2.25. The number of benzene rings is 1. The maximum atomic E-state index is 4.05. The van der Waals surface area contributed by atoms with Crippen molar-refractivity contribution in [2.45, 2.75) is 39.2 Å². The maximum absolute atomic E-state index is 4.05. The zero-order chi connectivity index (χ0) is 13.0. The second-order valence-corrected chi connectivity index (χ2v) is 5.01. The molecule has 0 aliphatic heterocycles. The van der Waals surface area contributed by atoms with E-state index in [1.165, 1.54) is 0 Å². The van der Waals surface area contributed by atoms with Gasteiger partial charge in [0.1, 0.15) is 0 Å². The van der Waals surface area contributed by atoms with Gasteiger partial charge in [0.25, 0.3) is 0 Å². The topological polar surface area (TPSA) is 55.6 Å². The van der Waals surface area contributed by atoms with Gasteiger partial charge in [-0.3, -0.25) is 0 Å². The first-order chi connectivity index (χ1) is 8.62. The van der Waals surface area contributed by atoms with Crippen molar-refractivity contribution in [2.24, 2.45) is 0 Å². The van der Waals surface area contributed by atoms with E-state index >= 15 is 0 Å². The smallest absolute Gasteiger partial charge is 0.248 e. The van der Waals surface area contributed by atoms with Crippen LogP contribution in [0.25, 0.3) is 5.69 Å². The van der Waals surface area contributed by atoms with Gasteiger partial charge in [0.15, 0.2) is 0 Å². The van der Waals surface area contributed by atoms with Gasteiger partial charge in [0.2, 0.25) is 5.95 Å². The second-order valence-electron chi connectivity index (χ2n) is 5.01. The van der Waals surface area contributed by atoms with E-state index in [1.807, 2.05) is 30.3 Å². The zero-order valence-corrected chi connectivity index (χ0v) is 11.1. The highest BCUT2D eigenvalue weighted by Crippen LogP contribution is 2.19. The van der Waals surface area contributed by atoms with Crippen molar-refractivity contribution in [3.8, 4) is 5.69 Å². The lowest BCUT2D eigenvalue weighted by molar-refractivity contribution is 0.505. The zero-order valence-electron chi connectivity index (χ0n) is 11.1. The Bertz CT molecular complexity index is 489. The Morgan fingerprint density at radius 2 is 1.94 bits per heavy atom. The molecule has 1 aromatic heterocycles. The molecule has 0 radical (unpaired) electrons. The highest BCUT2D eigenvalue weighted by atomic mass is 15.6. The second kappa shape index (κ2) is 5.16. The van der Waals surface area contributed by atoms with Crippen molar-refractivity contribution >= 4 is 5.95 Å². The largest absolute Gasteiger partial charge is 0.348 e. The number of nitrogens with one attached hydrogen (secondary N) is 1. The number of nitrogens with zero attached hydrogens (tertiary/aromatic N) is 4. The minimum atomic E-state index is -0.0179. The number of hydrogen-bond donors (Lipinski definition) is 1. The molecule has 0 unspecified atom stereocenters. The lowest BCUT2D eigenvalue weighted by Crippen LogP contribution is -2.32. The lowest BCUT2D eigenvalue weighted by atomic mass is 9.99. The molecule has 5 heteroatoms. The van der Waals surface area contributed by atoms with Gasteiger partial charge in [-0.2, -0.15) is 4.68 Å². The summed E-state index contributed by atoms with van der Waals surface area (Å²) in [5.74, 6) is 0.680. The fourth-order valence-corrected chi connectivity index (χ4v) is 2.00. The van der Waals surface area contributed by atoms with Gasteiger partial charge in [-0.1, -0.05) is 36.6 Å². The molecule has 1 heterocycles. The highest BCUT2D eigenvalue weighted by Gasteiger charge is 2.19. The third-order valence-electron chi connectivity index (χ3n) is 2.80. The summed E-state index contributed by atoms with van der Waals surface area (Å²) in [5.41, 5.74) is 0.938. The number of para-hydroxylation sites is 1. The standard InChI is InChI=1S/C13H19N5/c1-4-10-13(2,3)14-12-15-16-17-18(12)11-8-6-5-7-9-11/h5-9H,4,10H2,1-3H3,(H,14,15,17). The fourth-order valence-electron chi connectivity index (χ4n) is 2.00. The van der Waals surface area contributed by atoms with Crippen LogP contribution in [0.15, 0.2) is 30.3 Å². The molecule has 0 bridgehead atoms. The van der Waals surface area contributed by atoms with Gasteiger partial charge < -0.3 is 5.32 Å². The van der Waals surface area contributed by atoms with Gasteiger partial charge in [0.05, 0.1) is 5.69 Å². The van der Waals surface area contributed by atoms with Crippen molar-refractivity contribution < 1.29 is 0 Å². The molecule has 0 amide bonds. The summed E-state index contributed by atoms with van der Waals surface area (Å²) in [6.07, 6.45) is 2.18. The van der Waals surface area contributed by atoms with Crippen molar-refractivity contribution in [1.82, 2.24) is 20.2 Å². The summed E-state index contributed by atoms with van der Waals surface area (Å²) in [5, 5.41) is 15.2. The predicted octanol–water partition coefficient (Wildman–Crippen LogP) is 2.65. The van der Waals surface area contributed by atoms with Crippen molar-refractivity contribution in [2.75, 3.05) is 5.32 Å². The molecule has 0 spiro atoms. The molecule has 96 valence electrons. The molecular weight excluding hydrogens is 226 g/mol. The van der Waals surface area contributed by atoms with E-state index in [4.69, 9.17) is 0 Å². The van der Waals surface area contributed by atoms with E-state index in [9.17, 15) is 0 Å². The summed E-state index contributed by atoms with van der Waals surface area (Å²) in [4.78, 5) is 0. The first-order valence-corrected chi connectivity index (χ1v) is 6.24. The summed E-state index contributed by atoms with van der Waals surface area (Å²) in [6, 6.07) is 9.88. The average molecular weight is 245 g/mol. The average Bonchev–Trinajstić information content (AvgIpc) is 2.77. The van der Waals surface area contributed by atoms with Gasteiger partial charge >= 0.3 is 0 Å². The Balaban J connectivity index is 2.24. The molecule has 2 rings (SSSR count). The molecule has 0 fully saturated rings. The highest BCUT2D eigenvalue weighted by molar-refractivity contribution is 5.39. The predicted molar refractivity (Wildman–Crippen MR) is 71.8 cm³/mol. The minimum Gasteiger partial charge on any atom is -0.348 e. The van der Waals surface area contributed by atoms with Crippen LogP contribution in [0.3, 0.4) is 0 Å². The van der Waals surface area contributed by atoms with Crippen LogP contribution < -0.4 is 5.32 Å². The van der Waals surface area contributed by atoms with Crippen LogP contribution in [-0.2, 0) is 0 Å². The van der Waals surface area contributed by atoms with E-state index in [0.717, 1.165) is 18.5 Å².